The first-order chi connectivity index (χ1) is 12.4. The molecule has 0 radical (unpaired) electrons. The van der Waals surface area contributed by atoms with Gasteiger partial charge in [-0.2, -0.15) is 0 Å². The average Bonchev–Trinajstić information content (AvgIpc) is 2.64. The van der Waals surface area contributed by atoms with E-state index in [0.29, 0.717) is 28.6 Å². The molecular formula is C19H18ClN3O2S. The lowest BCUT2D eigenvalue weighted by Crippen LogP contribution is -2.13. The third kappa shape index (κ3) is 4.53. The summed E-state index contributed by atoms with van der Waals surface area (Å²) in [6.45, 7) is 2.40. The second-order valence-corrected chi connectivity index (χ2v) is 7.88. The third-order valence-corrected chi connectivity index (χ3v) is 5.57. The van der Waals surface area contributed by atoms with Gasteiger partial charge in [-0.1, -0.05) is 41.9 Å². The summed E-state index contributed by atoms with van der Waals surface area (Å²) in [5.41, 5.74) is 2.23. The van der Waals surface area contributed by atoms with Crippen LogP contribution in [0.4, 0.5) is 11.5 Å². The molecule has 0 fully saturated rings. The average molecular weight is 388 g/mol. The molecule has 3 aromatic rings. The lowest BCUT2D eigenvalue weighted by atomic mass is 10.2. The zero-order valence-electron chi connectivity index (χ0n) is 14.1. The Labute approximate surface area is 158 Å². The van der Waals surface area contributed by atoms with Crippen molar-refractivity contribution in [2.45, 2.75) is 18.4 Å². The van der Waals surface area contributed by atoms with Crippen LogP contribution in [0.2, 0.25) is 5.02 Å². The van der Waals surface area contributed by atoms with Gasteiger partial charge in [0.15, 0.2) is 0 Å². The Hall–Kier alpha value is -2.57. The summed E-state index contributed by atoms with van der Waals surface area (Å²) in [7, 11) is -3.69. The minimum Gasteiger partial charge on any atom is -0.366 e. The van der Waals surface area contributed by atoms with Crippen LogP contribution in [0, 0.1) is 6.92 Å². The van der Waals surface area contributed by atoms with Gasteiger partial charge in [0.2, 0.25) is 0 Å². The molecular weight excluding hydrogens is 370 g/mol. The largest absolute Gasteiger partial charge is 0.366 e. The molecule has 0 amide bonds. The van der Waals surface area contributed by atoms with E-state index >= 15 is 0 Å². The van der Waals surface area contributed by atoms with Crippen LogP contribution in [0.1, 0.15) is 11.1 Å². The van der Waals surface area contributed by atoms with Crippen LogP contribution in [-0.2, 0) is 16.6 Å². The second kappa shape index (κ2) is 7.76. The zero-order valence-corrected chi connectivity index (χ0v) is 15.7. The number of pyridine rings is 1. The molecule has 0 aliphatic heterocycles. The van der Waals surface area contributed by atoms with Crippen molar-refractivity contribution in [3.8, 4) is 0 Å². The minimum absolute atomic E-state index is 0.158. The lowest BCUT2D eigenvalue weighted by molar-refractivity contribution is 0.601. The molecule has 3 rings (SSSR count). The van der Waals surface area contributed by atoms with E-state index in [1.54, 1.807) is 25.1 Å². The van der Waals surface area contributed by atoms with Gasteiger partial charge in [0, 0.05) is 11.6 Å². The number of hydrogen-bond donors (Lipinski definition) is 2. The van der Waals surface area contributed by atoms with Crippen LogP contribution in [0.5, 0.6) is 0 Å². The summed E-state index contributed by atoms with van der Waals surface area (Å²) in [6, 6.07) is 17.9. The molecule has 0 saturated carbocycles. The van der Waals surface area contributed by atoms with Gasteiger partial charge in [-0.3, -0.25) is 4.72 Å². The number of benzene rings is 2. The number of anilines is 2. The Morgan fingerprint density at radius 2 is 1.81 bits per heavy atom. The zero-order chi connectivity index (χ0) is 18.6. The fourth-order valence-electron chi connectivity index (χ4n) is 2.35. The molecule has 1 heterocycles. The molecule has 2 N–H and O–H groups in total. The number of rotatable bonds is 6. The molecule has 0 bridgehead atoms. The van der Waals surface area contributed by atoms with Crippen molar-refractivity contribution in [3.05, 3.63) is 83.0 Å². The van der Waals surface area contributed by atoms with Crippen LogP contribution >= 0.6 is 11.6 Å². The molecule has 1 aromatic heterocycles. The fourth-order valence-corrected chi connectivity index (χ4v) is 3.59. The maximum atomic E-state index is 12.5. The number of aryl methyl sites for hydroxylation is 1. The molecule has 0 spiro atoms. The molecule has 2 aromatic carbocycles. The van der Waals surface area contributed by atoms with Crippen molar-refractivity contribution in [2.24, 2.45) is 0 Å². The Morgan fingerprint density at radius 1 is 1.04 bits per heavy atom. The summed E-state index contributed by atoms with van der Waals surface area (Å²) < 4.78 is 27.4. The predicted molar refractivity (Wildman–Crippen MR) is 105 cm³/mol. The highest BCUT2D eigenvalue weighted by atomic mass is 35.5. The maximum Gasteiger partial charge on any atom is 0.261 e. The van der Waals surface area contributed by atoms with E-state index in [-0.39, 0.29) is 4.90 Å². The SMILES string of the molecule is Cc1cc(S(=O)(=O)Nc2ccc(NCc3ccccc3)nc2)ccc1Cl. The van der Waals surface area contributed by atoms with E-state index in [9.17, 15) is 8.42 Å². The van der Waals surface area contributed by atoms with Crippen LogP contribution in [0.15, 0.2) is 71.8 Å². The van der Waals surface area contributed by atoms with E-state index in [2.05, 4.69) is 15.0 Å². The first-order valence-electron chi connectivity index (χ1n) is 7.97. The molecule has 7 heteroatoms. The minimum atomic E-state index is -3.69. The Morgan fingerprint density at radius 3 is 2.46 bits per heavy atom. The number of halogens is 1. The third-order valence-electron chi connectivity index (χ3n) is 3.77. The van der Waals surface area contributed by atoms with E-state index < -0.39 is 10.0 Å². The van der Waals surface area contributed by atoms with Gasteiger partial charge in [-0.25, -0.2) is 13.4 Å². The van der Waals surface area contributed by atoms with Gasteiger partial charge in [0.25, 0.3) is 10.0 Å². The van der Waals surface area contributed by atoms with Gasteiger partial charge in [0.05, 0.1) is 16.8 Å². The van der Waals surface area contributed by atoms with Crippen LogP contribution in [0.25, 0.3) is 0 Å². The first-order valence-corrected chi connectivity index (χ1v) is 9.83. The van der Waals surface area contributed by atoms with Crippen molar-refractivity contribution < 1.29 is 8.42 Å². The van der Waals surface area contributed by atoms with Crippen molar-refractivity contribution in [1.82, 2.24) is 4.98 Å². The van der Waals surface area contributed by atoms with Gasteiger partial charge in [0.1, 0.15) is 5.82 Å². The van der Waals surface area contributed by atoms with Gasteiger partial charge in [-0.15, -0.1) is 0 Å². The van der Waals surface area contributed by atoms with Crippen molar-refractivity contribution in [2.75, 3.05) is 10.0 Å². The summed E-state index contributed by atoms with van der Waals surface area (Å²) in [5.74, 6) is 0.666. The highest BCUT2D eigenvalue weighted by Crippen LogP contribution is 2.22. The van der Waals surface area contributed by atoms with E-state index in [0.717, 1.165) is 5.56 Å². The standard InChI is InChI=1S/C19H18ClN3O2S/c1-14-11-17(8-9-18(14)20)26(24,25)23-16-7-10-19(22-13-16)21-12-15-5-3-2-4-6-15/h2-11,13,23H,12H2,1H3,(H,21,22). The molecule has 0 aliphatic rings. The normalized spacial score (nSPS) is 11.2. The molecule has 0 unspecified atom stereocenters. The van der Waals surface area contributed by atoms with Crippen LogP contribution in [0.3, 0.4) is 0 Å². The maximum absolute atomic E-state index is 12.5. The monoisotopic (exact) mass is 387 g/mol. The molecule has 26 heavy (non-hydrogen) atoms. The Balaban J connectivity index is 1.67. The smallest absolute Gasteiger partial charge is 0.261 e. The van der Waals surface area contributed by atoms with Crippen LogP contribution < -0.4 is 10.0 Å². The first kappa shape index (κ1) is 18.2. The van der Waals surface area contributed by atoms with Gasteiger partial charge >= 0.3 is 0 Å². The highest BCUT2D eigenvalue weighted by molar-refractivity contribution is 7.92. The molecule has 0 aliphatic carbocycles. The highest BCUT2D eigenvalue weighted by Gasteiger charge is 2.15. The number of nitrogens with one attached hydrogen (secondary N) is 2. The lowest BCUT2D eigenvalue weighted by Gasteiger charge is -2.10. The Bertz CT molecular complexity index is 991. The van der Waals surface area contributed by atoms with Crippen molar-refractivity contribution in [3.63, 3.8) is 0 Å². The summed E-state index contributed by atoms with van der Waals surface area (Å²) in [4.78, 5) is 4.40. The van der Waals surface area contributed by atoms with Crippen molar-refractivity contribution in [1.29, 1.82) is 0 Å². The topological polar surface area (TPSA) is 71.1 Å². The Kier molecular flexibility index (Phi) is 5.44. The van der Waals surface area contributed by atoms with Crippen molar-refractivity contribution >= 4 is 33.1 Å². The number of nitrogens with zero attached hydrogens (tertiary/aromatic N) is 1. The van der Waals surface area contributed by atoms with E-state index in [1.165, 1.54) is 18.3 Å². The predicted octanol–water partition coefficient (Wildman–Crippen LogP) is 4.46. The van der Waals surface area contributed by atoms with E-state index in [1.807, 2.05) is 30.3 Å². The number of aromatic nitrogens is 1. The number of hydrogen-bond acceptors (Lipinski definition) is 4. The summed E-state index contributed by atoms with van der Waals surface area (Å²) >= 11 is 5.95. The second-order valence-electron chi connectivity index (χ2n) is 5.79. The summed E-state index contributed by atoms with van der Waals surface area (Å²) in [6.07, 6.45) is 1.48. The van der Waals surface area contributed by atoms with Crippen LogP contribution in [-0.4, -0.2) is 13.4 Å². The quantitative estimate of drug-likeness (QED) is 0.655. The molecule has 0 atom stereocenters. The summed E-state index contributed by atoms with van der Waals surface area (Å²) in [5, 5.41) is 3.72. The van der Waals surface area contributed by atoms with E-state index in [4.69, 9.17) is 11.6 Å². The molecule has 0 saturated heterocycles. The van der Waals surface area contributed by atoms with Gasteiger partial charge in [-0.05, 0) is 48.4 Å². The molecule has 5 nitrogen and oxygen atoms in total. The van der Waals surface area contributed by atoms with Gasteiger partial charge < -0.3 is 5.32 Å². The number of sulfonamides is 1. The molecule has 134 valence electrons. The fraction of sp³-hybridized carbons (Fsp3) is 0.105.